The Morgan fingerprint density at radius 3 is 2.78 bits per heavy atom. The van der Waals surface area contributed by atoms with Crippen molar-refractivity contribution in [3.05, 3.63) is 29.8 Å². The van der Waals surface area contributed by atoms with Gasteiger partial charge in [-0.1, -0.05) is 18.2 Å². The SMILES string of the molecule is CCNc1ccccc1CC1CCCOC1.CF. The van der Waals surface area contributed by atoms with Crippen LogP contribution in [0.15, 0.2) is 24.3 Å². The number of anilines is 1. The molecule has 1 aliphatic heterocycles. The predicted octanol–water partition coefficient (Wildman–Crippen LogP) is 3.67. The van der Waals surface area contributed by atoms with Gasteiger partial charge in [-0.2, -0.15) is 0 Å². The molecule has 18 heavy (non-hydrogen) atoms. The van der Waals surface area contributed by atoms with Crippen molar-refractivity contribution in [3.63, 3.8) is 0 Å². The minimum atomic E-state index is 0.500. The molecule has 0 amide bonds. The fourth-order valence-electron chi connectivity index (χ4n) is 2.34. The van der Waals surface area contributed by atoms with Crippen LogP contribution in [0.3, 0.4) is 0 Å². The highest BCUT2D eigenvalue weighted by molar-refractivity contribution is 5.51. The predicted molar refractivity (Wildman–Crippen MR) is 74.9 cm³/mol. The summed E-state index contributed by atoms with van der Waals surface area (Å²) in [6, 6.07) is 8.62. The topological polar surface area (TPSA) is 21.3 Å². The molecular weight excluding hydrogens is 229 g/mol. The van der Waals surface area contributed by atoms with E-state index in [0.717, 1.165) is 26.2 Å². The Bertz CT molecular complexity index is 324. The van der Waals surface area contributed by atoms with E-state index in [2.05, 4.69) is 36.5 Å². The van der Waals surface area contributed by atoms with Gasteiger partial charge in [0.1, 0.15) is 0 Å². The second-order valence-corrected chi connectivity index (χ2v) is 4.47. The monoisotopic (exact) mass is 253 g/mol. The van der Waals surface area contributed by atoms with Gasteiger partial charge in [0, 0.05) is 25.4 Å². The molecule has 0 aliphatic carbocycles. The van der Waals surface area contributed by atoms with Crippen molar-refractivity contribution in [2.45, 2.75) is 26.2 Å². The van der Waals surface area contributed by atoms with E-state index in [1.165, 1.54) is 24.1 Å². The lowest BCUT2D eigenvalue weighted by Crippen LogP contribution is -2.19. The van der Waals surface area contributed by atoms with Crippen LogP contribution in [0.4, 0.5) is 10.1 Å². The number of nitrogens with one attached hydrogen (secondary N) is 1. The van der Waals surface area contributed by atoms with E-state index in [1.807, 2.05) is 0 Å². The van der Waals surface area contributed by atoms with E-state index in [-0.39, 0.29) is 0 Å². The van der Waals surface area contributed by atoms with Crippen LogP contribution in [0.25, 0.3) is 0 Å². The van der Waals surface area contributed by atoms with Crippen molar-refractivity contribution in [1.29, 1.82) is 0 Å². The first-order chi connectivity index (χ1) is 8.90. The van der Waals surface area contributed by atoms with Crippen LogP contribution >= 0.6 is 0 Å². The Morgan fingerprint density at radius 1 is 1.33 bits per heavy atom. The number of rotatable bonds is 4. The first-order valence-electron chi connectivity index (χ1n) is 6.67. The molecule has 0 aromatic heterocycles. The summed E-state index contributed by atoms with van der Waals surface area (Å²) in [6.45, 7) is 5.00. The average Bonchev–Trinajstić information content (AvgIpc) is 2.45. The van der Waals surface area contributed by atoms with Gasteiger partial charge in [0.2, 0.25) is 0 Å². The molecule has 1 fully saturated rings. The van der Waals surface area contributed by atoms with Gasteiger partial charge in [-0.3, -0.25) is 4.39 Å². The number of hydrogen-bond donors (Lipinski definition) is 1. The summed E-state index contributed by atoms with van der Waals surface area (Å²) >= 11 is 0. The second-order valence-electron chi connectivity index (χ2n) is 4.47. The van der Waals surface area contributed by atoms with Gasteiger partial charge in [0.05, 0.1) is 7.18 Å². The highest BCUT2D eigenvalue weighted by Gasteiger charge is 2.15. The molecule has 2 rings (SSSR count). The van der Waals surface area contributed by atoms with Crippen molar-refractivity contribution in [2.75, 3.05) is 32.3 Å². The van der Waals surface area contributed by atoms with Gasteiger partial charge in [-0.15, -0.1) is 0 Å². The standard InChI is InChI=1S/C14H21NO.CH3F/c1-2-15-14-8-4-3-7-13(14)10-12-6-5-9-16-11-12;1-2/h3-4,7-8,12,15H,2,5-6,9-11H2,1H3;1H3. The van der Waals surface area contributed by atoms with Crippen LogP contribution in [0.1, 0.15) is 25.3 Å². The lowest BCUT2D eigenvalue weighted by atomic mass is 9.93. The molecule has 1 aromatic carbocycles. The van der Waals surface area contributed by atoms with Crippen molar-refractivity contribution in [2.24, 2.45) is 5.92 Å². The average molecular weight is 253 g/mol. The first-order valence-corrected chi connectivity index (χ1v) is 6.67. The molecule has 0 spiro atoms. The first kappa shape index (κ1) is 15.0. The van der Waals surface area contributed by atoms with Crippen LogP contribution in [0, 0.1) is 5.92 Å². The molecule has 0 saturated carbocycles. The van der Waals surface area contributed by atoms with Gasteiger partial charge >= 0.3 is 0 Å². The van der Waals surface area contributed by atoms with Crippen molar-refractivity contribution < 1.29 is 9.13 Å². The molecule has 1 unspecified atom stereocenters. The van der Waals surface area contributed by atoms with Crippen molar-refractivity contribution in [1.82, 2.24) is 0 Å². The summed E-state index contributed by atoms with van der Waals surface area (Å²) in [5.41, 5.74) is 2.72. The van der Waals surface area contributed by atoms with E-state index < -0.39 is 0 Å². The zero-order chi connectivity index (χ0) is 13.2. The zero-order valence-electron chi connectivity index (χ0n) is 11.4. The van der Waals surface area contributed by atoms with Gasteiger partial charge in [0.15, 0.2) is 0 Å². The lowest BCUT2D eigenvalue weighted by molar-refractivity contribution is 0.0551. The Balaban J connectivity index is 0.000000771. The summed E-state index contributed by atoms with van der Waals surface area (Å²) in [5, 5.41) is 3.42. The maximum absolute atomic E-state index is 9.50. The van der Waals surface area contributed by atoms with Crippen molar-refractivity contribution >= 4 is 5.69 Å². The van der Waals surface area contributed by atoms with Crippen molar-refractivity contribution in [3.8, 4) is 0 Å². The summed E-state index contributed by atoms with van der Waals surface area (Å²) in [7, 11) is 0.500. The Hall–Kier alpha value is -1.09. The summed E-state index contributed by atoms with van der Waals surface area (Å²) in [6.07, 6.45) is 3.66. The number of halogens is 1. The van der Waals surface area contributed by atoms with Crippen LogP contribution in [-0.4, -0.2) is 26.9 Å². The molecule has 3 heteroatoms. The zero-order valence-corrected chi connectivity index (χ0v) is 11.4. The fourth-order valence-corrected chi connectivity index (χ4v) is 2.34. The van der Waals surface area contributed by atoms with Crippen LogP contribution in [-0.2, 0) is 11.2 Å². The number of para-hydroxylation sites is 1. The maximum atomic E-state index is 9.50. The molecule has 1 N–H and O–H groups in total. The Labute approximate surface area is 110 Å². The largest absolute Gasteiger partial charge is 0.385 e. The molecule has 0 radical (unpaired) electrons. The fraction of sp³-hybridized carbons (Fsp3) is 0.600. The van der Waals surface area contributed by atoms with Crippen LogP contribution in [0.2, 0.25) is 0 Å². The molecule has 1 saturated heterocycles. The van der Waals surface area contributed by atoms with Gasteiger partial charge in [-0.05, 0) is 43.7 Å². The van der Waals surface area contributed by atoms with Gasteiger partial charge in [-0.25, -0.2) is 0 Å². The summed E-state index contributed by atoms with van der Waals surface area (Å²) in [4.78, 5) is 0. The third-order valence-electron chi connectivity index (χ3n) is 3.15. The smallest absolute Gasteiger partial charge is 0.0785 e. The van der Waals surface area contributed by atoms with Crippen LogP contribution < -0.4 is 5.32 Å². The quantitative estimate of drug-likeness (QED) is 0.884. The molecule has 1 heterocycles. The Kier molecular flexibility index (Phi) is 7.42. The molecule has 1 aliphatic rings. The molecule has 1 aromatic rings. The Morgan fingerprint density at radius 2 is 2.11 bits per heavy atom. The summed E-state index contributed by atoms with van der Waals surface area (Å²) in [5.74, 6) is 0.702. The maximum Gasteiger partial charge on any atom is 0.0785 e. The number of hydrogen-bond acceptors (Lipinski definition) is 2. The van der Waals surface area contributed by atoms with Gasteiger partial charge < -0.3 is 10.1 Å². The van der Waals surface area contributed by atoms with E-state index in [9.17, 15) is 4.39 Å². The molecular formula is C15H24FNO. The normalized spacial score (nSPS) is 18.7. The number of benzene rings is 1. The minimum Gasteiger partial charge on any atom is -0.385 e. The molecule has 0 bridgehead atoms. The van der Waals surface area contributed by atoms with Crippen LogP contribution in [0.5, 0.6) is 0 Å². The highest BCUT2D eigenvalue weighted by atomic mass is 19.1. The van der Waals surface area contributed by atoms with E-state index in [4.69, 9.17) is 4.74 Å². The number of ether oxygens (including phenoxy) is 1. The molecule has 102 valence electrons. The van der Waals surface area contributed by atoms with E-state index in [1.54, 1.807) is 0 Å². The third kappa shape index (κ3) is 4.65. The summed E-state index contributed by atoms with van der Waals surface area (Å²) < 4.78 is 15.0. The minimum absolute atomic E-state index is 0.500. The molecule has 2 nitrogen and oxygen atoms in total. The van der Waals surface area contributed by atoms with E-state index >= 15 is 0 Å². The second kappa shape index (κ2) is 8.92. The van der Waals surface area contributed by atoms with Gasteiger partial charge in [0.25, 0.3) is 0 Å². The van der Waals surface area contributed by atoms with E-state index in [0.29, 0.717) is 13.1 Å². The molecule has 1 atom stereocenters. The third-order valence-corrected chi connectivity index (χ3v) is 3.15. The highest BCUT2D eigenvalue weighted by Crippen LogP contribution is 2.23. The lowest BCUT2D eigenvalue weighted by Gasteiger charge is -2.23. The number of alkyl halides is 1.